The van der Waals surface area contributed by atoms with Gasteiger partial charge in [0.1, 0.15) is 23.7 Å². The second-order valence-corrected chi connectivity index (χ2v) is 10.3. The van der Waals surface area contributed by atoms with Gasteiger partial charge in [0.2, 0.25) is 11.8 Å². The number of hydrogen-bond acceptors (Lipinski definition) is 6. The molecule has 0 saturated carbocycles. The summed E-state index contributed by atoms with van der Waals surface area (Å²) in [5.74, 6) is 1.68. The standard InChI is InChI=1S/C29H39N3O5/c1-23-9-11-26(12-10-23)37-22-29(35)20-30(15-16-32(21-29)24(2)33)19-25-6-3-7-27(18-25)36-17-5-14-31-13-4-8-28(31)34/h3,6-7,9-12,18,35H,4-5,8,13-17,19-22H2,1-2H3/t29-/m0/s1. The molecule has 200 valence electrons. The second-order valence-electron chi connectivity index (χ2n) is 10.3. The molecule has 2 fully saturated rings. The Kier molecular flexibility index (Phi) is 9.05. The van der Waals surface area contributed by atoms with Gasteiger partial charge in [0.15, 0.2) is 0 Å². The first kappa shape index (κ1) is 26.9. The average Bonchev–Trinajstić information content (AvgIpc) is 3.20. The first-order valence-electron chi connectivity index (χ1n) is 13.2. The Morgan fingerprint density at radius 1 is 1.03 bits per heavy atom. The summed E-state index contributed by atoms with van der Waals surface area (Å²) in [4.78, 5) is 29.7. The van der Waals surface area contributed by atoms with E-state index in [1.807, 2.05) is 60.4 Å². The third kappa shape index (κ3) is 7.94. The van der Waals surface area contributed by atoms with E-state index in [0.717, 1.165) is 42.8 Å². The number of amides is 2. The van der Waals surface area contributed by atoms with Gasteiger partial charge in [0, 0.05) is 52.6 Å². The zero-order chi connectivity index (χ0) is 26.3. The molecule has 2 aliphatic rings. The second kappa shape index (κ2) is 12.4. The van der Waals surface area contributed by atoms with E-state index in [0.29, 0.717) is 45.0 Å². The minimum absolute atomic E-state index is 0.0540. The predicted octanol–water partition coefficient (Wildman–Crippen LogP) is 2.86. The number of benzene rings is 2. The van der Waals surface area contributed by atoms with Crippen molar-refractivity contribution in [1.29, 1.82) is 0 Å². The molecule has 0 aromatic heterocycles. The summed E-state index contributed by atoms with van der Waals surface area (Å²) in [5, 5.41) is 11.5. The maximum atomic E-state index is 12.2. The summed E-state index contributed by atoms with van der Waals surface area (Å²) < 4.78 is 11.9. The molecule has 2 aliphatic heterocycles. The van der Waals surface area contributed by atoms with Crippen LogP contribution in [0.4, 0.5) is 0 Å². The number of likely N-dealkylation sites (tertiary alicyclic amines) is 1. The lowest BCUT2D eigenvalue weighted by atomic mass is 10.0. The topological polar surface area (TPSA) is 82.6 Å². The molecule has 37 heavy (non-hydrogen) atoms. The molecule has 0 radical (unpaired) electrons. The van der Waals surface area contributed by atoms with Gasteiger partial charge in [-0.15, -0.1) is 0 Å². The lowest BCUT2D eigenvalue weighted by Gasteiger charge is -2.32. The fraction of sp³-hybridized carbons (Fsp3) is 0.517. The van der Waals surface area contributed by atoms with Crippen molar-refractivity contribution in [2.24, 2.45) is 0 Å². The largest absolute Gasteiger partial charge is 0.494 e. The first-order chi connectivity index (χ1) is 17.8. The monoisotopic (exact) mass is 509 g/mol. The number of ether oxygens (including phenoxy) is 2. The van der Waals surface area contributed by atoms with E-state index in [-0.39, 0.29) is 25.0 Å². The van der Waals surface area contributed by atoms with E-state index in [9.17, 15) is 14.7 Å². The molecule has 8 nitrogen and oxygen atoms in total. The van der Waals surface area contributed by atoms with Crippen LogP contribution < -0.4 is 9.47 Å². The highest BCUT2D eigenvalue weighted by molar-refractivity contribution is 5.78. The van der Waals surface area contributed by atoms with Crippen LogP contribution >= 0.6 is 0 Å². The van der Waals surface area contributed by atoms with Gasteiger partial charge in [-0.25, -0.2) is 0 Å². The lowest BCUT2D eigenvalue weighted by molar-refractivity contribution is -0.132. The first-order valence-corrected chi connectivity index (χ1v) is 13.2. The van der Waals surface area contributed by atoms with E-state index < -0.39 is 5.60 Å². The van der Waals surface area contributed by atoms with Crippen LogP contribution in [0.3, 0.4) is 0 Å². The van der Waals surface area contributed by atoms with E-state index >= 15 is 0 Å². The van der Waals surface area contributed by atoms with Crippen molar-refractivity contribution in [2.75, 3.05) is 52.5 Å². The van der Waals surface area contributed by atoms with Crippen LogP contribution in [0.25, 0.3) is 0 Å². The summed E-state index contributed by atoms with van der Waals surface area (Å²) in [6.07, 6.45) is 2.42. The summed E-state index contributed by atoms with van der Waals surface area (Å²) in [7, 11) is 0. The quantitative estimate of drug-likeness (QED) is 0.496. The van der Waals surface area contributed by atoms with Crippen LogP contribution in [-0.2, 0) is 16.1 Å². The van der Waals surface area contributed by atoms with Crippen molar-refractivity contribution in [2.45, 2.75) is 45.3 Å². The summed E-state index contributed by atoms with van der Waals surface area (Å²) in [6, 6.07) is 15.7. The van der Waals surface area contributed by atoms with E-state index in [1.165, 1.54) is 6.92 Å². The van der Waals surface area contributed by atoms with Gasteiger partial charge < -0.3 is 24.4 Å². The smallest absolute Gasteiger partial charge is 0.222 e. The Balaban J connectivity index is 1.34. The molecule has 2 amide bonds. The fourth-order valence-electron chi connectivity index (χ4n) is 4.97. The molecule has 1 atom stereocenters. The summed E-state index contributed by atoms with van der Waals surface area (Å²) >= 11 is 0. The number of rotatable bonds is 10. The molecular weight excluding hydrogens is 470 g/mol. The third-order valence-corrected chi connectivity index (χ3v) is 6.98. The molecule has 2 aromatic rings. The number of β-amino-alcohol motifs (C(OH)–C–C–N with tert-alkyl or cyclic N) is 1. The Bertz CT molecular complexity index is 1060. The highest BCUT2D eigenvalue weighted by atomic mass is 16.5. The fourth-order valence-corrected chi connectivity index (χ4v) is 4.97. The number of carbonyl (C=O) groups excluding carboxylic acids is 2. The van der Waals surface area contributed by atoms with Gasteiger partial charge in [-0.3, -0.25) is 14.5 Å². The van der Waals surface area contributed by atoms with Crippen LogP contribution in [0.15, 0.2) is 48.5 Å². The molecule has 0 bridgehead atoms. The highest BCUT2D eigenvalue weighted by Gasteiger charge is 2.37. The van der Waals surface area contributed by atoms with Crippen molar-refractivity contribution < 1.29 is 24.2 Å². The highest BCUT2D eigenvalue weighted by Crippen LogP contribution is 2.22. The molecule has 4 rings (SSSR count). The number of carbonyl (C=O) groups is 2. The number of aryl methyl sites for hydroxylation is 1. The molecule has 0 spiro atoms. The minimum Gasteiger partial charge on any atom is -0.494 e. The van der Waals surface area contributed by atoms with Crippen LogP contribution in [0.2, 0.25) is 0 Å². The molecular formula is C29H39N3O5. The van der Waals surface area contributed by atoms with Gasteiger partial charge >= 0.3 is 0 Å². The zero-order valence-corrected chi connectivity index (χ0v) is 22.0. The van der Waals surface area contributed by atoms with Crippen LogP contribution in [0.5, 0.6) is 11.5 Å². The Morgan fingerprint density at radius 2 is 1.84 bits per heavy atom. The molecule has 0 aliphatic carbocycles. The molecule has 2 aromatic carbocycles. The SMILES string of the molecule is CC(=O)N1CCN(Cc2cccc(OCCCN3CCCC3=O)c2)C[C@@](O)(COc2ccc(C)cc2)C1. The number of aliphatic hydroxyl groups is 1. The lowest BCUT2D eigenvalue weighted by Crippen LogP contribution is -2.51. The maximum Gasteiger partial charge on any atom is 0.222 e. The van der Waals surface area contributed by atoms with Crippen LogP contribution in [0.1, 0.15) is 37.3 Å². The summed E-state index contributed by atoms with van der Waals surface area (Å²) in [6.45, 7) is 8.24. The van der Waals surface area contributed by atoms with Gasteiger partial charge in [-0.1, -0.05) is 29.8 Å². The molecule has 1 N–H and O–H groups in total. The van der Waals surface area contributed by atoms with Gasteiger partial charge in [-0.2, -0.15) is 0 Å². The van der Waals surface area contributed by atoms with E-state index in [1.54, 1.807) is 4.90 Å². The number of nitrogens with zero attached hydrogens (tertiary/aromatic N) is 3. The average molecular weight is 510 g/mol. The predicted molar refractivity (Wildman–Crippen MR) is 142 cm³/mol. The van der Waals surface area contributed by atoms with Crippen molar-refractivity contribution in [3.05, 3.63) is 59.7 Å². The normalized spacial score (nSPS) is 20.7. The third-order valence-electron chi connectivity index (χ3n) is 6.98. The summed E-state index contributed by atoms with van der Waals surface area (Å²) in [5.41, 5.74) is 1.02. The molecule has 2 saturated heterocycles. The Morgan fingerprint density at radius 3 is 2.57 bits per heavy atom. The van der Waals surface area contributed by atoms with Gasteiger partial charge in [0.05, 0.1) is 13.2 Å². The van der Waals surface area contributed by atoms with Gasteiger partial charge in [-0.05, 0) is 49.6 Å². The molecule has 2 heterocycles. The van der Waals surface area contributed by atoms with E-state index in [2.05, 4.69) is 4.90 Å². The zero-order valence-electron chi connectivity index (χ0n) is 22.0. The molecule has 0 unspecified atom stereocenters. The van der Waals surface area contributed by atoms with Crippen molar-refractivity contribution in [3.63, 3.8) is 0 Å². The van der Waals surface area contributed by atoms with E-state index in [4.69, 9.17) is 9.47 Å². The number of hydrogen-bond donors (Lipinski definition) is 1. The Labute approximate surface area is 219 Å². The van der Waals surface area contributed by atoms with Crippen molar-refractivity contribution in [3.8, 4) is 11.5 Å². The molecule has 8 heteroatoms. The van der Waals surface area contributed by atoms with Crippen molar-refractivity contribution in [1.82, 2.24) is 14.7 Å². The minimum atomic E-state index is -1.20. The van der Waals surface area contributed by atoms with Crippen molar-refractivity contribution >= 4 is 11.8 Å². The Hall–Kier alpha value is -3.10. The van der Waals surface area contributed by atoms with Gasteiger partial charge in [0.25, 0.3) is 0 Å². The van der Waals surface area contributed by atoms with Crippen LogP contribution in [-0.4, -0.2) is 89.7 Å². The maximum absolute atomic E-state index is 12.2. The van der Waals surface area contributed by atoms with Crippen LogP contribution in [0, 0.1) is 6.92 Å².